The first-order chi connectivity index (χ1) is 10.2. The molecule has 4 nitrogen and oxygen atoms in total. The number of nitrogens with one attached hydrogen (secondary N) is 2. The minimum absolute atomic E-state index is 0.333. The number of anilines is 1. The maximum atomic E-state index is 11.7. The van der Waals surface area contributed by atoms with E-state index in [-0.39, 0.29) is 6.03 Å². The van der Waals surface area contributed by atoms with Gasteiger partial charge in [0.05, 0.1) is 0 Å². The van der Waals surface area contributed by atoms with Crippen LogP contribution in [-0.4, -0.2) is 11.7 Å². The van der Waals surface area contributed by atoms with E-state index in [2.05, 4.69) is 28.0 Å². The van der Waals surface area contributed by atoms with Crippen molar-refractivity contribution in [2.24, 2.45) is 5.10 Å². The number of carbonyl (C=O) groups is 1. The van der Waals surface area contributed by atoms with Crippen LogP contribution in [0.2, 0.25) is 0 Å². The zero-order valence-corrected chi connectivity index (χ0v) is 12.0. The summed E-state index contributed by atoms with van der Waals surface area (Å²) in [6.07, 6.45) is 1.73. The molecule has 108 valence electrons. The second kappa shape index (κ2) is 7.85. The summed E-state index contributed by atoms with van der Waals surface area (Å²) >= 11 is 0. The third kappa shape index (κ3) is 5.48. The van der Waals surface area contributed by atoms with Gasteiger partial charge in [-0.1, -0.05) is 48.5 Å². The molecule has 0 bridgehead atoms. The number of amides is 2. The van der Waals surface area contributed by atoms with Gasteiger partial charge in [-0.3, -0.25) is 0 Å². The summed E-state index contributed by atoms with van der Waals surface area (Å²) in [7, 11) is 0. The van der Waals surface area contributed by atoms with Crippen LogP contribution in [-0.2, 0) is 6.42 Å². The van der Waals surface area contributed by atoms with E-state index in [1.165, 1.54) is 5.56 Å². The number of hydrogen-bond acceptors (Lipinski definition) is 2. The fourth-order valence-corrected chi connectivity index (χ4v) is 1.85. The minimum Gasteiger partial charge on any atom is -0.307 e. The summed E-state index contributed by atoms with van der Waals surface area (Å²) in [5.74, 6) is 0. The zero-order valence-electron chi connectivity index (χ0n) is 12.0. The Kier molecular flexibility index (Phi) is 5.52. The Hall–Kier alpha value is -2.62. The van der Waals surface area contributed by atoms with Gasteiger partial charge in [0.1, 0.15) is 0 Å². The number of aryl methyl sites for hydroxylation is 1. The highest BCUT2D eigenvalue weighted by atomic mass is 16.2. The third-order valence-electron chi connectivity index (χ3n) is 3.00. The van der Waals surface area contributed by atoms with Gasteiger partial charge in [-0.15, -0.1) is 0 Å². The summed E-state index contributed by atoms with van der Waals surface area (Å²) < 4.78 is 0. The largest absolute Gasteiger partial charge is 0.339 e. The number of hydrogen-bond donors (Lipinski definition) is 2. The average Bonchev–Trinajstić information content (AvgIpc) is 2.53. The number of benzene rings is 2. The number of rotatable bonds is 5. The lowest BCUT2D eigenvalue weighted by molar-refractivity contribution is 0.252. The molecule has 0 saturated carbocycles. The Labute approximate surface area is 124 Å². The topological polar surface area (TPSA) is 53.5 Å². The summed E-state index contributed by atoms with van der Waals surface area (Å²) in [6.45, 7) is 1.91. The summed E-state index contributed by atoms with van der Waals surface area (Å²) in [5, 5.41) is 6.80. The first-order valence-electron chi connectivity index (χ1n) is 6.93. The first kappa shape index (κ1) is 14.8. The Balaban J connectivity index is 1.76. The average molecular weight is 281 g/mol. The van der Waals surface area contributed by atoms with Gasteiger partial charge in [0, 0.05) is 11.4 Å². The summed E-state index contributed by atoms with van der Waals surface area (Å²) in [6, 6.07) is 19.2. The van der Waals surface area contributed by atoms with Gasteiger partial charge in [0.2, 0.25) is 0 Å². The normalized spacial score (nSPS) is 11.0. The van der Waals surface area contributed by atoms with Crippen molar-refractivity contribution in [3.05, 3.63) is 66.2 Å². The minimum atomic E-state index is -0.333. The second-order valence-electron chi connectivity index (χ2n) is 4.76. The van der Waals surface area contributed by atoms with Gasteiger partial charge >= 0.3 is 6.03 Å². The molecule has 0 unspecified atom stereocenters. The van der Waals surface area contributed by atoms with Crippen LogP contribution in [0.4, 0.5) is 10.5 Å². The molecule has 0 spiro atoms. The zero-order chi connectivity index (χ0) is 14.9. The van der Waals surface area contributed by atoms with Crippen molar-refractivity contribution < 1.29 is 4.79 Å². The van der Waals surface area contributed by atoms with Crippen molar-refractivity contribution in [3.63, 3.8) is 0 Å². The Morgan fingerprint density at radius 3 is 2.29 bits per heavy atom. The van der Waals surface area contributed by atoms with Crippen molar-refractivity contribution in [3.8, 4) is 0 Å². The molecule has 0 saturated heterocycles. The van der Waals surface area contributed by atoms with Gasteiger partial charge in [0.25, 0.3) is 0 Å². The predicted molar refractivity (Wildman–Crippen MR) is 86.5 cm³/mol. The van der Waals surface area contributed by atoms with Crippen LogP contribution in [0.25, 0.3) is 0 Å². The number of nitrogens with zero attached hydrogens (tertiary/aromatic N) is 1. The van der Waals surface area contributed by atoms with Crippen LogP contribution >= 0.6 is 0 Å². The van der Waals surface area contributed by atoms with Crippen LogP contribution < -0.4 is 10.7 Å². The van der Waals surface area contributed by atoms with E-state index in [1.807, 2.05) is 55.5 Å². The molecule has 4 heteroatoms. The van der Waals surface area contributed by atoms with Gasteiger partial charge in [-0.05, 0) is 37.5 Å². The lowest BCUT2D eigenvalue weighted by Gasteiger charge is -2.05. The van der Waals surface area contributed by atoms with Gasteiger partial charge < -0.3 is 5.32 Å². The highest BCUT2D eigenvalue weighted by molar-refractivity contribution is 5.90. The Morgan fingerprint density at radius 2 is 1.62 bits per heavy atom. The molecule has 2 aromatic rings. The first-order valence-corrected chi connectivity index (χ1v) is 6.93. The third-order valence-corrected chi connectivity index (χ3v) is 3.00. The lowest BCUT2D eigenvalue weighted by Crippen LogP contribution is -2.25. The van der Waals surface area contributed by atoms with Crippen LogP contribution in [0.1, 0.15) is 18.9 Å². The van der Waals surface area contributed by atoms with E-state index in [0.29, 0.717) is 0 Å². The lowest BCUT2D eigenvalue weighted by atomic mass is 10.1. The van der Waals surface area contributed by atoms with E-state index in [9.17, 15) is 4.79 Å². The van der Waals surface area contributed by atoms with E-state index in [1.54, 1.807) is 0 Å². The monoisotopic (exact) mass is 281 g/mol. The van der Waals surface area contributed by atoms with Crippen LogP contribution in [0.15, 0.2) is 65.8 Å². The fourth-order valence-electron chi connectivity index (χ4n) is 1.85. The van der Waals surface area contributed by atoms with E-state index < -0.39 is 0 Å². The molecule has 0 aliphatic heterocycles. The Bertz CT molecular complexity index is 594. The Morgan fingerprint density at radius 1 is 1.00 bits per heavy atom. The van der Waals surface area contributed by atoms with Gasteiger partial charge in [0.15, 0.2) is 0 Å². The molecule has 0 aromatic heterocycles. The van der Waals surface area contributed by atoms with Crippen molar-refractivity contribution in [1.82, 2.24) is 5.43 Å². The number of carbonyl (C=O) groups excluding carboxylic acids is 1. The van der Waals surface area contributed by atoms with Gasteiger partial charge in [-0.25, -0.2) is 10.2 Å². The highest BCUT2D eigenvalue weighted by Crippen LogP contribution is 2.05. The molecular weight excluding hydrogens is 262 g/mol. The number of hydrazone groups is 1. The fraction of sp³-hybridized carbons (Fsp3) is 0.176. The molecule has 0 atom stereocenters. The van der Waals surface area contributed by atoms with Crippen molar-refractivity contribution >= 4 is 17.4 Å². The van der Waals surface area contributed by atoms with Crippen molar-refractivity contribution in [1.29, 1.82) is 0 Å². The standard InChI is InChI=1S/C17H19N3O/c1-14(12-13-15-8-4-2-5-9-15)19-20-17(21)18-16-10-6-3-7-11-16/h2-11H,12-13H2,1H3,(H2,18,20,21). The smallest absolute Gasteiger partial charge is 0.307 e. The molecule has 0 heterocycles. The van der Waals surface area contributed by atoms with Crippen molar-refractivity contribution in [2.75, 3.05) is 5.32 Å². The molecular formula is C17H19N3O. The van der Waals surface area contributed by atoms with E-state index in [0.717, 1.165) is 24.2 Å². The quantitative estimate of drug-likeness (QED) is 0.635. The molecule has 21 heavy (non-hydrogen) atoms. The molecule has 2 rings (SSSR count). The van der Waals surface area contributed by atoms with E-state index >= 15 is 0 Å². The summed E-state index contributed by atoms with van der Waals surface area (Å²) in [4.78, 5) is 11.7. The molecule has 0 radical (unpaired) electrons. The SMILES string of the molecule is CC(CCc1ccccc1)=NNC(=O)Nc1ccccc1. The molecule has 0 fully saturated rings. The molecule has 2 aromatic carbocycles. The van der Waals surface area contributed by atoms with Gasteiger partial charge in [-0.2, -0.15) is 5.10 Å². The van der Waals surface area contributed by atoms with E-state index in [4.69, 9.17) is 0 Å². The second-order valence-corrected chi connectivity index (χ2v) is 4.76. The molecule has 0 aliphatic rings. The maximum absolute atomic E-state index is 11.7. The van der Waals surface area contributed by atoms with Crippen molar-refractivity contribution in [2.45, 2.75) is 19.8 Å². The molecule has 0 aliphatic carbocycles. The number of urea groups is 1. The highest BCUT2D eigenvalue weighted by Gasteiger charge is 2.00. The molecule has 2 N–H and O–H groups in total. The van der Waals surface area contributed by atoms with Crippen LogP contribution in [0.3, 0.4) is 0 Å². The molecule has 2 amide bonds. The predicted octanol–water partition coefficient (Wildman–Crippen LogP) is 3.82. The maximum Gasteiger partial charge on any atom is 0.339 e. The number of para-hydroxylation sites is 1. The summed E-state index contributed by atoms with van der Waals surface area (Å²) in [5.41, 5.74) is 5.40. The van der Waals surface area contributed by atoms with Crippen LogP contribution in [0.5, 0.6) is 0 Å². The van der Waals surface area contributed by atoms with Crippen LogP contribution in [0, 0.1) is 0 Å².